The smallest absolute Gasteiger partial charge is 0.326 e. The fraction of sp³-hybridized carbons (Fsp3) is 0.176. The number of aromatic hydroxyl groups is 1. The van der Waals surface area contributed by atoms with Crippen molar-refractivity contribution >= 4 is 11.9 Å². The predicted octanol–water partition coefficient (Wildman–Crippen LogP) is 1.75. The summed E-state index contributed by atoms with van der Waals surface area (Å²) in [7, 11) is 0. The normalized spacial score (nSPS) is 11.6. The summed E-state index contributed by atoms with van der Waals surface area (Å²) in [4.78, 5) is 23.3. The average molecular weight is 299 g/mol. The molecule has 0 aliphatic carbocycles. The number of hydrogen-bond donors (Lipinski definition) is 3. The number of carboxylic acid groups (broad SMARTS) is 1. The molecule has 0 radical (unpaired) electrons. The number of phenolic OH excluding ortho intramolecular Hbond substituents is 1. The van der Waals surface area contributed by atoms with Crippen LogP contribution >= 0.6 is 0 Å². The van der Waals surface area contributed by atoms with Crippen LogP contribution in [0, 0.1) is 0 Å². The molecule has 0 aliphatic heterocycles. The van der Waals surface area contributed by atoms with Crippen LogP contribution in [0.15, 0.2) is 54.6 Å². The minimum absolute atomic E-state index is 0.115. The van der Waals surface area contributed by atoms with Crippen LogP contribution in [-0.4, -0.2) is 28.1 Å². The van der Waals surface area contributed by atoms with Gasteiger partial charge in [-0.3, -0.25) is 4.79 Å². The molecule has 2 aromatic rings. The topological polar surface area (TPSA) is 86.6 Å². The molecule has 0 fully saturated rings. The Bertz CT molecular complexity index is 637. The lowest BCUT2D eigenvalue weighted by atomic mass is 10.1. The molecule has 22 heavy (non-hydrogen) atoms. The molecule has 1 atom stereocenters. The van der Waals surface area contributed by atoms with Gasteiger partial charge in [0, 0.05) is 6.42 Å². The zero-order valence-electron chi connectivity index (χ0n) is 11.9. The van der Waals surface area contributed by atoms with Crippen molar-refractivity contribution in [2.75, 3.05) is 0 Å². The molecule has 5 heteroatoms. The van der Waals surface area contributed by atoms with Crippen molar-refractivity contribution in [1.29, 1.82) is 0 Å². The van der Waals surface area contributed by atoms with Crippen molar-refractivity contribution in [2.45, 2.75) is 18.9 Å². The molecular formula is C17H17NO4. The Balaban J connectivity index is 1.98. The number of carbonyl (C=O) groups is 2. The summed E-state index contributed by atoms with van der Waals surface area (Å²) in [6, 6.07) is 14.4. The largest absolute Gasteiger partial charge is 0.508 e. The molecule has 5 nitrogen and oxygen atoms in total. The highest BCUT2D eigenvalue weighted by Gasteiger charge is 2.20. The second-order valence-corrected chi connectivity index (χ2v) is 4.99. The van der Waals surface area contributed by atoms with Crippen molar-refractivity contribution in [3.63, 3.8) is 0 Å². The second kappa shape index (κ2) is 7.26. The predicted molar refractivity (Wildman–Crippen MR) is 81.5 cm³/mol. The average Bonchev–Trinajstić information content (AvgIpc) is 2.49. The van der Waals surface area contributed by atoms with Crippen molar-refractivity contribution in [2.24, 2.45) is 0 Å². The first-order chi connectivity index (χ1) is 10.5. The van der Waals surface area contributed by atoms with Gasteiger partial charge in [0.25, 0.3) is 0 Å². The fourth-order valence-electron chi connectivity index (χ4n) is 2.09. The number of phenols is 1. The highest BCUT2D eigenvalue weighted by atomic mass is 16.4. The Hall–Kier alpha value is -2.82. The van der Waals surface area contributed by atoms with Crippen molar-refractivity contribution in [3.8, 4) is 5.75 Å². The van der Waals surface area contributed by atoms with Crippen LogP contribution in [0.2, 0.25) is 0 Å². The van der Waals surface area contributed by atoms with Crippen LogP contribution in [-0.2, 0) is 22.4 Å². The molecule has 3 N–H and O–H groups in total. The Morgan fingerprint density at radius 2 is 1.59 bits per heavy atom. The maximum absolute atomic E-state index is 12.0. The summed E-state index contributed by atoms with van der Waals surface area (Å²) in [6.07, 6.45) is 0.302. The molecule has 2 rings (SSSR count). The van der Waals surface area contributed by atoms with E-state index in [0.717, 1.165) is 11.1 Å². The Labute approximate surface area is 128 Å². The highest BCUT2D eigenvalue weighted by molar-refractivity contribution is 5.85. The minimum Gasteiger partial charge on any atom is -0.508 e. The second-order valence-electron chi connectivity index (χ2n) is 4.99. The van der Waals surface area contributed by atoms with Crippen LogP contribution in [0.25, 0.3) is 0 Å². The molecule has 2 aromatic carbocycles. The van der Waals surface area contributed by atoms with E-state index in [-0.39, 0.29) is 24.5 Å². The summed E-state index contributed by atoms with van der Waals surface area (Å²) >= 11 is 0. The van der Waals surface area contributed by atoms with E-state index in [2.05, 4.69) is 5.32 Å². The first-order valence-electron chi connectivity index (χ1n) is 6.88. The number of carbonyl (C=O) groups excluding carboxylic acids is 1. The van der Waals surface area contributed by atoms with Gasteiger partial charge in [-0.05, 0) is 23.3 Å². The minimum atomic E-state index is -1.09. The number of carboxylic acids is 1. The summed E-state index contributed by atoms with van der Waals surface area (Å²) < 4.78 is 0. The highest BCUT2D eigenvalue weighted by Crippen LogP contribution is 2.11. The van der Waals surface area contributed by atoms with Crippen molar-refractivity contribution in [1.82, 2.24) is 5.32 Å². The number of benzene rings is 2. The van der Waals surface area contributed by atoms with E-state index in [1.54, 1.807) is 12.1 Å². The molecule has 0 aliphatic rings. The van der Waals surface area contributed by atoms with Gasteiger partial charge in [-0.2, -0.15) is 0 Å². The Morgan fingerprint density at radius 1 is 0.955 bits per heavy atom. The van der Waals surface area contributed by atoms with E-state index in [1.165, 1.54) is 12.1 Å². The van der Waals surface area contributed by atoms with Gasteiger partial charge in [-0.1, -0.05) is 42.5 Å². The number of amides is 1. The van der Waals surface area contributed by atoms with E-state index >= 15 is 0 Å². The third-order valence-electron chi connectivity index (χ3n) is 3.22. The molecule has 0 aromatic heterocycles. The zero-order valence-corrected chi connectivity index (χ0v) is 11.9. The summed E-state index contributed by atoms with van der Waals surface area (Å²) in [5, 5.41) is 21.0. The van der Waals surface area contributed by atoms with Crippen LogP contribution in [0.4, 0.5) is 0 Å². The van der Waals surface area contributed by atoms with E-state index < -0.39 is 12.0 Å². The third-order valence-corrected chi connectivity index (χ3v) is 3.22. The lowest BCUT2D eigenvalue weighted by Gasteiger charge is -2.14. The molecule has 0 saturated carbocycles. The number of rotatable bonds is 6. The van der Waals surface area contributed by atoms with Gasteiger partial charge >= 0.3 is 5.97 Å². The standard InChI is InChI=1S/C17H17NO4/c19-14-8-6-13(7-9-14)10-15(17(21)22)18-16(20)11-12-4-2-1-3-5-12/h1-9,15,19H,10-11H2,(H,18,20)(H,21,22)/t15-/m0/s1. The van der Waals surface area contributed by atoms with Crippen LogP contribution in [0.1, 0.15) is 11.1 Å². The monoisotopic (exact) mass is 299 g/mol. The first-order valence-corrected chi connectivity index (χ1v) is 6.88. The van der Waals surface area contributed by atoms with E-state index in [1.807, 2.05) is 30.3 Å². The SMILES string of the molecule is O=C(Cc1ccccc1)N[C@@H](Cc1ccc(O)cc1)C(=O)O. The van der Waals surface area contributed by atoms with Crippen LogP contribution in [0.3, 0.4) is 0 Å². The molecule has 0 spiro atoms. The van der Waals surface area contributed by atoms with Gasteiger partial charge in [0.1, 0.15) is 11.8 Å². The lowest BCUT2D eigenvalue weighted by Crippen LogP contribution is -2.43. The number of hydrogen-bond acceptors (Lipinski definition) is 3. The summed E-state index contributed by atoms with van der Waals surface area (Å²) in [5.41, 5.74) is 1.55. The van der Waals surface area contributed by atoms with Crippen LogP contribution in [0.5, 0.6) is 5.75 Å². The van der Waals surface area contributed by atoms with Gasteiger partial charge in [0.05, 0.1) is 6.42 Å². The van der Waals surface area contributed by atoms with E-state index in [4.69, 9.17) is 0 Å². The molecule has 0 heterocycles. The number of aliphatic carboxylic acids is 1. The molecule has 0 saturated heterocycles. The van der Waals surface area contributed by atoms with E-state index in [9.17, 15) is 19.8 Å². The molecule has 0 unspecified atom stereocenters. The van der Waals surface area contributed by atoms with Gasteiger partial charge in [-0.25, -0.2) is 4.79 Å². The van der Waals surface area contributed by atoms with Gasteiger partial charge < -0.3 is 15.5 Å². The quantitative estimate of drug-likeness (QED) is 0.758. The van der Waals surface area contributed by atoms with Gasteiger partial charge in [0.2, 0.25) is 5.91 Å². The zero-order chi connectivity index (χ0) is 15.9. The van der Waals surface area contributed by atoms with Crippen molar-refractivity contribution in [3.05, 3.63) is 65.7 Å². The molecular weight excluding hydrogens is 282 g/mol. The maximum atomic E-state index is 12.0. The molecule has 1 amide bonds. The lowest BCUT2D eigenvalue weighted by molar-refractivity contribution is -0.141. The van der Waals surface area contributed by atoms with Crippen LogP contribution < -0.4 is 5.32 Å². The Kier molecular flexibility index (Phi) is 5.14. The molecule has 0 bridgehead atoms. The summed E-state index contributed by atoms with van der Waals surface area (Å²) in [6.45, 7) is 0. The van der Waals surface area contributed by atoms with Crippen molar-refractivity contribution < 1.29 is 19.8 Å². The number of nitrogens with one attached hydrogen (secondary N) is 1. The van der Waals surface area contributed by atoms with Gasteiger partial charge in [-0.15, -0.1) is 0 Å². The fourth-order valence-corrected chi connectivity index (χ4v) is 2.09. The van der Waals surface area contributed by atoms with Gasteiger partial charge in [0.15, 0.2) is 0 Å². The van der Waals surface area contributed by atoms with E-state index in [0.29, 0.717) is 0 Å². The molecule has 114 valence electrons. The maximum Gasteiger partial charge on any atom is 0.326 e. The Morgan fingerprint density at radius 3 is 2.18 bits per heavy atom. The third kappa shape index (κ3) is 4.63. The first kappa shape index (κ1) is 15.6. The summed E-state index contributed by atoms with van der Waals surface area (Å²) in [5.74, 6) is -1.31.